The van der Waals surface area contributed by atoms with Crippen molar-refractivity contribution in [1.29, 1.82) is 0 Å². The van der Waals surface area contributed by atoms with Gasteiger partial charge in [0, 0.05) is 0 Å². The number of ether oxygens (including phenoxy) is 1. The number of hydrogen-bond acceptors (Lipinski definition) is 2. The van der Waals surface area contributed by atoms with E-state index >= 15 is 0 Å². The molecule has 2 N–H and O–H groups in total. The number of halogens is 1. The molecule has 0 radical (unpaired) electrons. The number of hydrogen-bond donors (Lipinski definition) is 1. The molecule has 1 rings (SSSR count). The minimum atomic E-state index is 0.607. The maximum atomic E-state index is 6.00. The van der Waals surface area contributed by atoms with Crippen LogP contribution in [0, 0.1) is 6.92 Å². The Bertz CT molecular complexity index is 299. The summed E-state index contributed by atoms with van der Waals surface area (Å²) in [6.07, 6.45) is 0.796. The van der Waals surface area contributed by atoms with Gasteiger partial charge in [0.25, 0.3) is 0 Å². The third kappa shape index (κ3) is 2.36. The van der Waals surface area contributed by atoms with E-state index in [1.165, 1.54) is 0 Å². The number of nitrogens with two attached hydrogens (primary N) is 1. The van der Waals surface area contributed by atoms with Gasteiger partial charge in [0.1, 0.15) is 5.75 Å². The fraction of sp³-hybridized carbons (Fsp3) is 0.400. The van der Waals surface area contributed by atoms with Crippen LogP contribution in [0.25, 0.3) is 0 Å². The van der Waals surface area contributed by atoms with Gasteiger partial charge in [-0.25, -0.2) is 0 Å². The summed E-state index contributed by atoms with van der Waals surface area (Å²) in [6, 6.07) is 3.94. The molecule has 0 spiro atoms. The molecule has 0 fully saturated rings. The summed E-state index contributed by atoms with van der Waals surface area (Å²) in [4.78, 5) is 0. The molecule has 0 amide bonds. The van der Waals surface area contributed by atoms with E-state index in [4.69, 9.17) is 22.1 Å². The van der Waals surface area contributed by atoms with Crippen molar-refractivity contribution in [2.45, 2.75) is 13.3 Å². The first-order chi connectivity index (χ1) is 6.19. The van der Waals surface area contributed by atoms with Gasteiger partial charge in [0.15, 0.2) is 0 Å². The van der Waals surface area contributed by atoms with Crippen LogP contribution in [-0.4, -0.2) is 13.7 Å². The number of benzene rings is 1. The summed E-state index contributed by atoms with van der Waals surface area (Å²) in [5, 5.41) is 0.658. The third-order valence-electron chi connectivity index (χ3n) is 1.88. The van der Waals surface area contributed by atoms with E-state index in [1.807, 2.05) is 13.0 Å². The maximum absolute atomic E-state index is 6.00. The van der Waals surface area contributed by atoms with Gasteiger partial charge in [0.05, 0.1) is 12.1 Å². The highest BCUT2D eigenvalue weighted by molar-refractivity contribution is 6.32. The molecule has 0 aromatic heterocycles. The molecule has 3 heteroatoms. The molecule has 1 aromatic carbocycles. The lowest BCUT2D eigenvalue weighted by Gasteiger charge is -2.10. The topological polar surface area (TPSA) is 35.2 Å². The Hall–Kier alpha value is -0.730. The molecule has 2 nitrogen and oxygen atoms in total. The van der Waals surface area contributed by atoms with Crippen molar-refractivity contribution in [2.24, 2.45) is 5.73 Å². The Morgan fingerprint density at radius 2 is 2.15 bits per heavy atom. The Morgan fingerprint density at radius 3 is 2.69 bits per heavy atom. The molecule has 1 aromatic rings. The highest BCUT2D eigenvalue weighted by atomic mass is 35.5. The van der Waals surface area contributed by atoms with Crippen molar-refractivity contribution in [1.82, 2.24) is 0 Å². The molecule has 13 heavy (non-hydrogen) atoms. The quantitative estimate of drug-likeness (QED) is 0.810. The largest absolute Gasteiger partial charge is 0.495 e. The minimum absolute atomic E-state index is 0.607. The van der Waals surface area contributed by atoms with E-state index in [0.717, 1.165) is 23.3 Å². The van der Waals surface area contributed by atoms with Crippen LogP contribution in [0.5, 0.6) is 5.75 Å². The molecule has 0 saturated carbocycles. The lowest BCUT2D eigenvalue weighted by molar-refractivity contribution is 0.410. The van der Waals surface area contributed by atoms with Gasteiger partial charge in [-0.05, 0) is 37.1 Å². The summed E-state index contributed by atoms with van der Waals surface area (Å²) in [6.45, 7) is 2.61. The van der Waals surface area contributed by atoms with Crippen LogP contribution in [0.1, 0.15) is 11.1 Å². The number of rotatable bonds is 3. The normalized spacial score (nSPS) is 10.2. The highest BCUT2D eigenvalue weighted by Crippen LogP contribution is 2.30. The van der Waals surface area contributed by atoms with Gasteiger partial charge in [-0.15, -0.1) is 0 Å². The van der Waals surface area contributed by atoms with Crippen molar-refractivity contribution < 1.29 is 4.74 Å². The van der Waals surface area contributed by atoms with Crippen molar-refractivity contribution >= 4 is 11.6 Å². The van der Waals surface area contributed by atoms with Gasteiger partial charge < -0.3 is 10.5 Å². The second-order valence-corrected chi connectivity index (χ2v) is 3.38. The molecule has 0 aliphatic carbocycles. The molecule has 72 valence electrons. The molecule has 0 aliphatic rings. The van der Waals surface area contributed by atoms with E-state index in [-0.39, 0.29) is 0 Å². The van der Waals surface area contributed by atoms with Gasteiger partial charge >= 0.3 is 0 Å². The zero-order valence-corrected chi connectivity index (χ0v) is 8.69. The van der Waals surface area contributed by atoms with Gasteiger partial charge in [-0.1, -0.05) is 17.7 Å². The smallest absolute Gasteiger partial charge is 0.140 e. The molecule has 0 atom stereocenters. The first kappa shape index (κ1) is 10.4. The van der Waals surface area contributed by atoms with Gasteiger partial charge in [-0.3, -0.25) is 0 Å². The summed E-state index contributed by atoms with van der Waals surface area (Å²) in [7, 11) is 1.62. The zero-order chi connectivity index (χ0) is 9.84. The first-order valence-corrected chi connectivity index (χ1v) is 4.60. The monoisotopic (exact) mass is 199 g/mol. The molecule has 0 bridgehead atoms. The van der Waals surface area contributed by atoms with Crippen molar-refractivity contribution in [3.8, 4) is 5.75 Å². The lowest BCUT2D eigenvalue weighted by atomic mass is 10.1. The van der Waals surface area contributed by atoms with Crippen LogP contribution in [-0.2, 0) is 6.42 Å². The summed E-state index contributed by atoms with van der Waals surface area (Å²) >= 11 is 6.00. The lowest BCUT2D eigenvalue weighted by Crippen LogP contribution is -2.04. The van der Waals surface area contributed by atoms with Crippen LogP contribution in [0.4, 0.5) is 0 Å². The van der Waals surface area contributed by atoms with Crippen LogP contribution in [0.2, 0.25) is 5.02 Å². The Balaban J connectivity index is 3.13. The van der Waals surface area contributed by atoms with Crippen LogP contribution in [0.15, 0.2) is 12.1 Å². The number of aryl methyl sites for hydroxylation is 1. The van der Waals surface area contributed by atoms with E-state index < -0.39 is 0 Å². The molecular weight excluding hydrogens is 186 g/mol. The first-order valence-electron chi connectivity index (χ1n) is 4.22. The highest BCUT2D eigenvalue weighted by Gasteiger charge is 2.07. The fourth-order valence-electron chi connectivity index (χ4n) is 1.37. The van der Waals surface area contributed by atoms with Crippen LogP contribution in [0.3, 0.4) is 0 Å². The Kier molecular flexibility index (Phi) is 3.58. The van der Waals surface area contributed by atoms with E-state index in [9.17, 15) is 0 Å². The van der Waals surface area contributed by atoms with E-state index in [2.05, 4.69) is 6.07 Å². The molecule has 0 saturated heterocycles. The molecule has 0 unspecified atom stereocenters. The van der Waals surface area contributed by atoms with Crippen molar-refractivity contribution in [3.63, 3.8) is 0 Å². The van der Waals surface area contributed by atoms with E-state index in [0.29, 0.717) is 11.6 Å². The maximum Gasteiger partial charge on any atom is 0.140 e. The minimum Gasteiger partial charge on any atom is -0.495 e. The summed E-state index contributed by atoms with van der Waals surface area (Å²) in [5.74, 6) is 0.748. The van der Waals surface area contributed by atoms with Gasteiger partial charge in [-0.2, -0.15) is 0 Å². The number of methoxy groups -OCH3 is 1. The molecular formula is C10H14ClNO. The van der Waals surface area contributed by atoms with Crippen LogP contribution < -0.4 is 10.5 Å². The Labute approximate surface area is 83.6 Å². The average molecular weight is 200 g/mol. The van der Waals surface area contributed by atoms with Crippen molar-refractivity contribution in [2.75, 3.05) is 13.7 Å². The zero-order valence-electron chi connectivity index (χ0n) is 7.93. The predicted molar refractivity (Wildman–Crippen MR) is 55.5 cm³/mol. The van der Waals surface area contributed by atoms with Crippen molar-refractivity contribution in [3.05, 3.63) is 28.3 Å². The average Bonchev–Trinajstić information content (AvgIpc) is 2.04. The molecule has 0 aliphatic heterocycles. The van der Waals surface area contributed by atoms with Crippen LogP contribution >= 0.6 is 11.6 Å². The van der Waals surface area contributed by atoms with E-state index in [1.54, 1.807) is 7.11 Å². The molecule has 0 heterocycles. The standard InChI is InChI=1S/C10H14ClNO/c1-7-5-8(3-4-12)10(13-2)9(11)6-7/h5-6H,3-4,12H2,1-2H3. The SMILES string of the molecule is COc1c(Cl)cc(C)cc1CCN. The second kappa shape index (κ2) is 4.49. The predicted octanol–water partition coefficient (Wildman–Crippen LogP) is 2.16. The Morgan fingerprint density at radius 1 is 1.46 bits per heavy atom. The third-order valence-corrected chi connectivity index (χ3v) is 2.16. The fourth-order valence-corrected chi connectivity index (χ4v) is 1.74. The second-order valence-electron chi connectivity index (χ2n) is 2.98. The summed E-state index contributed by atoms with van der Waals surface area (Å²) in [5.41, 5.74) is 7.70. The van der Waals surface area contributed by atoms with Gasteiger partial charge in [0.2, 0.25) is 0 Å². The summed E-state index contributed by atoms with van der Waals surface area (Å²) < 4.78 is 5.20.